The number of allylic oxidation sites excluding steroid dienone is 3. The van der Waals surface area contributed by atoms with Crippen molar-refractivity contribution in [2.24, 2.45) is 0 Å². The Hall–Kier alpha value is -3.30. The van der Waals surface area contributed by atoms with Gasteiger partial charge in [-0.2, -0.15) is 0 Å². The summed E-state index contributed by atoms with van der Waals surface area (Å²) in [4.78, 5) is 0. The predicted molar refractivity (Wildman–Crippen MR) is 103 cm³/mol. The maximum atomic E-state index is 3.15. The van der Waals surface area contributed by atoms with Gasteiger partial charge in [0.05, 0.1) is 0 Å². The van der Waals surface area contributed by atoms with E-state index in [1.54, 1.807) is 0 Å². The van der Waals surface area contributed by atoms with Gasteiger partial charge in [-0.3, -0.25) is 0 Å². The number of hydrogen-bond acceptors (Lipinski definition) is 0. The third-order valence-electron chi connectivity index (χ3n) is 3.57. The van der Waals surface area contributed by atoms with E-state index in [9.17, 15) is 0 Å². The zero-order chi connectivity index (χ0) is 16.5. The first-order valence-electron chi connectivity index (χ1n) is 7.97. The van der Waals surface area contributed by atoms with Gasteiger partial charge in [0.1, 0.15) is 0 Å². The zero-order valence-corrected chi connectivity index (χ0v) is 13.4. The van der Waals surface area contributed by atoms with Crippen LogP contribution in [0.15, 0.2) is 103 Å². The number of benzene rings is 3. The molecule has 0 aliphatic rings. The van der Waals surface area contributed by atoms with Gasteiger partial charge in [0.25, 0.3) is 0 Å². The van der Waals surface area contributed by atoms with E-state index >= 15 is 0 Å². The summed E-state index contributed by atoms with van der Waals surface area (Å²) in [6.07, 6.45) is 6.16. The van der Waals surface area contributed by atoms with Crippen LogP contribution in [0.1, 0.15) is 16.7 Å². The van der Waals surface area contributed by atoms with E-state index in [-0.39, 0.29) is 0 Å². The Morgan fingerprint density at radius 1 is 0.667 bits per heavy atom. The Bertz CT molecular complexity index is 874. The van der Waals surface area contributed by atoms with Crippen LogP contribution in [-0.4, -0.2) is 0 Å². The molecule has 0 N–H and O–H groups in total. The highest BCUT2D eigenvalue weighted by Crippen LogP contribution is 2.19. The molecule has 0 heterocycles. The molecule has 0 radical (unpaired) electrons. The minimum atomic E-state index is 1.02. The molecule has 0 amide bonds. The van der Waals surface area contributed by atoms with Gasteiger partial charge in [0, 0.05) is 5.56 Å². The molecule has 114 valence electrons. The first-order valence-corrected chi connectivity index (χ1v) is 7.97. The van der Waals surface area contributed by atoms with Crippen molar-refractivity contribution < 1.29 is 0 Å². The second-order valence-electron chi connectivity index (χ2n) is 5.35. The van der Waals surface area contributed by atoms with Crippen molar-refractivity contribution in [3.63, 3.8) is 0 Å². The van der Waals surface area contributed by atoms with E-state index in [0.29, 0.717) is 0 Å². The third kappa shape index (κ3) is 4.60. The SMILES string of the molecule is C(#Cc1ccccc1)/C=C\C(=C/c1ccccc1)c1ccccc1. The van der Waals surface area contributed by atoms with Gasteiger partial charge in [0.2, 0.25) is 0 Å². The van der Waals surface area contributed by atoms with Gasteiger partial charge >= 0.3 is 0 Å². The fourth-order valence-electron chi connectivity index (χ4n) is 2.37. The van der Waals surface area contributed by atoms with E-state index in [1.807, 2.05) is 60.7 Å². The van der Waals surface area contributed by atoms with E-state index in [2.05, 4.69) is 60.4 Å². The average molecular weight is 306 g/mol. The maximum absolute atomic E-state index is 3.15. The summed E-state index contributed by atoms with van der Waals surface area (Å²) >= 11 is 0. The molecule has 0 bridgehead atoms. The minimum Gasteiger partial charge on any atom is -0.0696 e. The molecule has 0 aliphatic carbocycles. The maximum Gasteiger partial charge on any atom is 0.0248 e. The van der Waals surface area contributed by atoms with Crippen LogP contribution < -0.4 is 0 Å². The first kappa shape index (κ1) is 15.6. The molecule has 3 rings (SSSR count). The number of rotatable bonds is 3. The lowest BCUT2D eigenvalue weighted by molar-refractivity contribution is 1.61. The standard InChI is InChI=1S/C24H18/c1-4-12-21(13-5-1)14-10-11-19-24(23-17-8-3-9-18-23)20-22-15-6-2-7-16-22/h1-9,11-13,15-20H/b19-11-,24-20+. The highest BCUT2D eigenvalue weighted by atomic mass is 14.0. The molecule has 3 aromatic carbocycles. The van der Waals surface area contributed by atoms with Crippen LogP contribution in [0.4, 0.5) is 0 Å². The summed E-state index contributed by atoms with van der Waals surface area (Å²) in [5, 5.41) is 0. The molecule has 0 spiro atoms. The van der Waals surface area contributed by atoms with Gasteiger partial charge in [0.15, 0.2) is 0 Å². The largest absolute Gasteiger partial charge is 0.0696 e. The minimum absolute atomic E-state index is 1.02. The van der Waals surface area contributed by atoms with Crippen molar-refractivity contribution in [3.05, 3.63) is 120 Å². The van der Waals surface area contributed by atoms with Crippen molar-refractivity contribution in [2.45, 2.75) is 0 Å². The predicted octanol–water partition coefficient (Wildman–Crippen LogP) is 5.84. The molecule has 0 unspecified atom stereocenters. The van der Waals surface area contributed by atoms with Crippen LogP contribution in [0.2, 0.25) is 0 Å². The first-order chi connectivity index (χ1) is 11.9. The molecular weight excluding hydrogens is 288 g/mol. The highest BCUT2D eigenvalue weighted by molar-refractivity contribution is 5.87. The van der Waals surface area contributed by atoms with Crippen LogP contribution in [0.3, 0.4) is 0 Å². The van der Waals surface area contributed by atoms with Crippen LogP contribution in [0, 0.1) is 11.8 Å². The summed E-state index contributed by atoms with van der Waals surface area (Å²) in [5.74, 6) is 6.27. The van der Waals surface area contributed by atoms with E-state index < -0.39 is 0 Å². The molecule has 0 saturated heterocycles. The molecule has 3 aromatic rings. The molecule has 0 nitrogen and oxygen atoms in total. The van der Waals surface area contributed by atoms with Gasteiger partial charge in [-0.05, 0) is 47.1 Å². The van der Waals surface area contributed by atoms with Gasteiger partial charge in [-0.1, -0.05) is 90.7 Å². The summed E-state index contributed by atoms with van der Waals surface area (Å²) in [6.45, 7) is 0. The smallest absolute Gasteiger partial charge is 0.0248 e. The van der Waals surface area contributed by atoms with Gasteiger partial charge in [-0.15, -0.1) is 0 Å². The molecule has 0 heteroatoms. The topological polar surface area (TPSA) is 0 Å². The van der Waals surface area contributed by atoms with E-state index in [4.69, 9.17) is 0 Å². The zero-order valence-electron chi connectivity index (χ0n) is 13.4. The van der Waals surface area contributed by atoms with E-state index in [0.717, 1.165) is 11.1 Å². The van der Waals surface area contributed by atoms with Crippen LogP contribution in [-0.2, 0) is 0 Å². The van der Waals surface area contributed by atoms with Gasteiger partial charge in [-0.25, -0.2) is 0 Å². The van der Waals surface area contributed by atoms with Crippen LogP contribution >= 0.6 is 0 Å². The number of hydrogen-bond donors (Lipinski definition) is 0. The van der Waals surface area contributed by atoms with Crippen molar-refractivity contribution >= 4 is 11.6 Å². The quantitative estimate of drug-likeness (QED) is 0.324. The Balaban J connectivity index is 1.87. The lowest BCUT2D eigenvalue weighted by Gasteiger charge is -2.02. The Morgan fingerprint density at radius 2 is 1.25 bits per heavy atom. The van der Waals surface area contributed by atoms with Crippen molar-refractivity contribution in [1.82, 2.24) is 0 Å². The van der Waals surface area contributed by atoms with Crippen molar-refractivity contribution in [3.8, 4) is 11.8 Å². The second-order valence-corrected chi connectivity index (χ2v) is 5.35. The molecule has 0 aliphatic heterocycles. The summed E-state index contributed by atoms with van der Waals surface area (Å²) in [6, 6.07) is 30.7. The van der Waals surface area contributed by atoms with Crippen LogP contribution in [0.5, 0.6) is 0 Å². The molecular formula is C24H18. The summed E-state index contributed by atoms with van der Waals surface area (Å²) in [5.41, 5.74) is 4.52. The highest BCUT2D eigenvalue weighted by Gasteiger charge is 1.97. The monoisotopic (exact) mass is 306 g/mol. The fourth-order valence-corrected chi connectivity index (χ4v) is 2.37. The van der Waals surface area contributed by atoms with Gasteiger partial charge < -0.3 is 0 Å². The third-order valence-corrected chi connectivity index (χ3v) is 3.57. The molecule has 0 fully saturated rings. The lowest BCUT2D eigenvalue weighted by atomic mass is 10.0. The molecule has 0 atom stereocenters. The van der Waals surface area contributed by atoms with Crippen molar-refractivity contribution in [1.29, 1.82) is 0 Å². The fraction of sp³-hybridized carbons (Fsp3) is 0. The Labute approximate surface area is 143 Å². The normalized spacial score (nSPS) is 11.1. The molecule has 24 heavy (non-hydrogen) atoms. The second kappa shape index (κ2) is 8.36. The molecule has 0 saturated carbocycles. The summed E-state index contributed by atoms with van der Waals surface area (Å²) in [7, 11) is 0. The lowest BCUT2D eigenvalue weighted by Crippen LogP contribution is -1.81. The molecule has 0 aromatic heterocycles. The van der Waals surface area contributed by atoms with E-state index in [1.165, 1.54) is 11.1 Å². The average Bonchev–Trinajstić information content (AvgIpc) is 2.66. The summed E-state index contributed by atoms with van der Waals surface area (Å²) < 4.78 is 0. The van der Waals surface area contributed by atoms with Crippen molar-refractivity contribution in [2.75, 3.05) is 0 Å². The van der Waals surface area contributed by atoms with Crippen LogP contribution in [0.25, 0.3) is 11.6 Å². The Morgan fingerprint density at radius 3 is 1.92 bits per heavy atom. The Kier molecular flexibility index (Phi) is 5.43.